The van der Waals surface area contributed by atoms with E-state index < -0.39 is 17.6 Å². The molecule has 0 N–H and O–H groups in total. The number of rotatable bonds is 7. The van der Waals surface area contributed by atoms with E-state index in [1.807, 2.05) is 0 Å². The third-order valence-electron chi connectivity index (χ3n) is 4.18. The maximum atomic E-state index is 14.0. The van der Waals surface area contributed by atoms with Crippen LogP contribution < -0.4 is 0 Å². The molecule has 6 nitrogen and oxygen atoms in total. The monoisotopic (exact) mass is 425 g/mol. The van der Waals surface area contributed by atoms with E-state index in [2.05, 4.69) is 22.5 Å². The lowest BCUT2D eigenvalue weighted by molar-refractivity contribution is -0.157. The van der Waals surface area contributed by atoms with Crippen molar-refractivity contribution in [3.63, 3.8) is 0 Å². The molecule has 1 aromatic rings. The van der Waals surface area contributed by atoms with E-state index >= 15 is 0 Å². The highest BCUT2D eigenvalue weighted by Gasteiger charge is 2.33. The summed E-state index contributed by atoms with van der Waals surface area (Å²) < 4.78 is 14.7. The predicted molar refractivity (Wildman–Crippen MR) is 98.5 cm³/mol. The number of carbonyl (C=O) groups excluding carboxylic acids is 3. The fourth-order valence-corrected chi connectivity index (χ4v) is 3.12. The third-order valence-corrected chi connectivity index (χ3v) is 4.67. The van der Waals surface area contributed by atoms with Crippen LogP contribution in [0.4, 0.5) is 4.39 Å². The van der Waals surface area contributed by atoms with Crippen molar-refractivity contribution in [3.8, 4) is 0 Å². The molecular formula is C18H21BrFN3O3. The zero-order chi connectivity index (χ0) is 19.3. The number of hydrogen-bond acceptors (Lipinski definition) is 3. The quantitative estimate of drug-likeness (QED) is 0.494. The summed E-state index contributed by atoms with van der Waals surface area (Å²) in [6.07, 6.45) is 1.54. The molecule has 1 heterocycles. The second-order valence-corrected chi connectivity index (χ2v) is 6.83. The predicted octanol–water partition coefficient (Wildman–Crippen LogP) is 1.79. The Morgan fingerprint density at radius 1 is 1.31 bits per heavy atom. The molecule has 0 unspecified atom stereocenters. The van der Waals surface area contributed by atoms with Crippen molar-refractivity contribution in [1.82, 2.24) is 14.7 Å². The van der Waals surface area contributed by atoms with E-state index in [4.69, 9.17) is 0 Å². The molecule has 0 atom stereocenters. The van der Waals surface area contributed by atoms with Crippen molar-refractivity contribution in [2.75, 3.05) is 32.7 Å². The summed E-state index contributed by atoms with van der Waals surface area (Å²) in [4.78, 5) is 40.8. The molecule has 1 aliphatic rings. The lowest BCUT2D eigenvalue weighted by atomic mass is 10.2. The fourth-order valence-electron chi connectivity index (χ4n) is 2.71. The van der Waals surface area contributed by atoms with Gasteiger partial charge in [0.15, 0.2) is 0 Å². The molecule has 3 amide bonds. The molecule has 0 spiro atoms. The van der Waals surface area contributed by atoms with Crippen molar-refractivity contribution < 1.29 is 18.8 Å². The summed E-state index contributed by atoms with van der Waals surface area (Å²) in [6, 6.07) is 4.51. The third kappa shape index (κ3) is 4.69. The first-order chi connectivity index (χ1) is 12.4. The summed E-state index contributed by atoms with van der Waals surface area (Å²) in [7, 11) is 0. The van der Waals surface area contributed by atoms with Crippen molar-refractivity contribution in [2.45, 2.75) is 13.5 Å². The molecule has 26 heavy (non-hydrogen) atoms. The van der Waals surface area contributed by atoms with Gasteiger partial charge in [0.25, 0.3) is 0 Å². The van der Waals surface area contributed by atoms with Crippen molar-refractivity contribution in [1.29, 1.82) is 0 Å². The van der Waals surface area contributed by atoms with Crippen LogP contribution >= 0.6 is 15.9 Å². The number of piperazine rings is 1. The Labute approximate surface area is 160 Å². The van der Waals surface area contributed by atoms with Crippen LogP contribution in [0.3, 0.4) is 0 Å². The zero-order valence-corrected chi connectivity index (χ0v) is 16.2. The van der Waals surface area contributed by atoms with E-state index in [1.54, 1.807) is 19.1 Å². The van der Waals surface area contributed by atoms with E-state index in [0.29, 0.717) is 29.7 Å². The lowest BCUT2D eigenvalue weighted by Crippen LogP contribution is -2.56. The van der Waals surface area contributed by atoms with E-state index in [9.17, 15) is 18.8 Å². The highest BCUT2D eigenvalue weighted by atomic mass is 79.9. The maximum Gasteiger partial charge on any atom is 0.312 e. The zero-order valence-electron chi connectivity index (χ0n) is 14.6. The molecule has 0 aliphatic carbocycles. The van der Waals surface area contributed by atoms with Gasteiger partial charge in [-0.1, -0.05) is 22.0 Å². The number of carbonyl (C=O) groups is 3. The summed E-state index contributed by atoms with van der Waals surface area (Å²) in [5, 5.41) is 0. The normalized spacial score (nSPS) is 14.6. The number of likely N-dealkylation sites (N-methyl/N-ethyl adjacent to an activating group) is 1. The Morgan fingerprint density at radius 2 is 1.96 bits per heavy atom. The Balaban J connectivity index is 2.09. The fraction of sp³-hybridized carbons (Fsp3) is 0.389. The second kappa shape index (κ2) is 8.93. The van der Waals surface area contributed by atoms with Gasteiger partial charge in [-0.15, -0.1) is 6.58 Å². The van der Waals surface area contributed by atoms with Crippen LogP contribution in [0.15, 0.2) is 35.3 Å². The molecule has 1 saturated heterocycles. The first-order valence-electron chi connectivity index (χ1n) is 8.28. The van der Waals surface area contributed by atoms with Crippen LogP contribution in [0.1, 0.15) is 12.5 Å². The Morgan fingerprint density at radius 3 is 2.62 bits per heavy atom. The number of amides is 3. The summed E-state index contributed by atoms with van der Waals surface area (Å²) in [5.41, 5.74) is 0.354. The average Bonchev–Trinajstić information content (AvgIpc) is 2.61. The molecule has 0 aromatic heterocycles. The van der Waals surface area contributed by atoms with Gasteiger partial charge in [-0.2, -0.15) is 0 Å². The van der Waals surface area contributed by atoms with Gasteiger partial charge in [0.2, 0.25) is 5.91 Å². The average molecular weight is 426 g/mol. The molecular weight excluding hydrogens is 405 g/mol. The molecule has 8 heteroatoms. The maximum absolute atomic E-state index is 14.0. The van der Waals surface area contributed by atoms with Crippen LogP contribution in [0, 0.1) is 5.82 Å². The molecule has 1 aromatic carbocycles. The van der Waals surface area contributed by atoms with Crippen LogP contribution in [0.5, 0.6) is 0 Å². The smallest absolute Gasteiger partial charge is 0.312 e. The Bertz CT molecular complexity index is 726. The van der Waals surface area contributed by atoms with Crippen molar-refractivity contribution >= 4 is 33.7 Å². The molecule has 0 bridgehead atoms. The second-order valence-electron chi connectivity index (χ2n) is 5.91. The summed E-state index contributed by atoms with van der Waals surface area (Å²) >= 11 is 3.28. The van der Waals surface area contributed by atoms with Gasteiger partial charge in [0.05, 0.1) is 0 Å². The van der Waals surface area contributed by atoms with Crippen LogP contribution in [-0.4, -0.2) is 65.1 Å². The molecule has 0 radical (unpaired) electrons. The SMILES string of the molecule is C=CCN(Cc1cc(Br)ccc1F)C(=O)CN1CCN(CC)C(=O)C1=O. The van der Waals surface area contributed by atoms with Gasteiger partial charge in [0, 0.05) is 42.8 Å². The van der Waals surface area contributed by atoms with Gasteiger partial charge >= 0.3 is 11.8 Å². The minimum absolute atomic E-state index is 0.0488. The van der Waals surface area contributed by atoms with Crippen LogP contribution in [-0.2, 0) is 20.9 Å². The van der Waals surface area contributed by atoms with Gasteiger partial charge in [0.1, 0.15) is 12.4 Å². The number of benzene rings is 1. The largest absolute Gasteiger partial charge is 0.333 e. The summed E-state index contributed by atoms with van der Waals surface area (Å²) in [5.74, 6) is -2.06. The Kier molecular flexibility index (Phi) is 6.90. The van der Waals surface area contributed by atoms with Gasteiger partial charge in [-0.25, -0.2) is 4.39 Å². The van der Waals surface area contributed by atoms with Gasteiger partial charge < -0.3 is 14.7 Å². The minimum Gasteiger partial charge on any atom is -0.333 e. The number of hydrogen-bond donors (Lipinski definition) is 0. The highest BCUT2D eigenvalue weighted by Crippen LogP contribution is 2.18. The van der Waals surface area contributed by atoms with E-state index in [-0.39, 0.29) is 25.5 Å². The summed E-state index contributed by atoms with van der Waals surface area (Å²) in [6.45, 7) is 6.62. The van der Waals surface area contributed by atoms with E-state index in [1.165, 1.54) is 26.8 Å². The van der Waals surface area contributed by atoms with E-state index in [0.717, 1.165) is 0 Å². The Hall–Kier alpha value is -2.22. The van der Waals surface area contributed by atoms with Crippen LogP contribution in [0.25, 0.3) is 0 Å². The van der Waals surface area contributed by atoms with Crippen molar-refractivity contribution in [2.24, 2.45) is 0 Å². The number of nitrogens with zero attached hydrogens (tertiary/aromatic N) is 3. The van der Waals surface area contributed by atoms with Gasteiger partial charge in [-0.05, 0) is 25.1 Å². The standard InChI is InChI=1S/C18H21BrFN3O3/c1-3-7-22(11-13-10-14(19)5-6-15(13)20)16(24)12-23-9-8-21(4-2)17(25)18(23)26/h3,5-6,10H,1,4,7-9,11-12H2,2H3. The highest BCUT2D eigenvalue weighted by molar-refractivity contribution is 9.10. The lowest BCUT2D eigenvalue weighted by Gasteiger charge is -2.34. The minimum atomic E-state index is -0.682. The molecule has 2 rings (SSSR count). The first kappa shape index (κ1) is 20.1. The topological polar surface area (TPSA) is 60.9 Å². The van der Waals surface area contributed by atoms with Gasteiger partial charge in [-0.3, -0.25) is 14.4 Å². The van der Waals surface area contributed by atoms with Crippen LogP contribution in [0.2, 0.25) is 0 Å². The molecule has 1 fully saturated rings. The molecule has 140 valence electrons. The van der Waals surface area contributed by atoms with Crippen molar-refractivity contribution in [3.05, 3.63) is 46.7 Å². The first-order valence-corrected chi connectivity index (χ1v) is 9.07. The number of halogens is 2. The molecule has 1 aliphatic heterocycles. The molecule has 0 saturated carbocycles.